The third-order valence-corrected chi connectivity index (χ3v) is 3.27. The van der Waals surface area contributed by atoms with Gasteiger partial charge in [0.2, 0.25) is 0 Å². The van der Waals surface area contributed by atoms with Crippen LogP contribution in [0.5, 0.6) is 5.75 Å². The molecule has 0 unspecified atom stereocenters. The van der Waals surface area contributed by atoms with Crippen molar-refractivity contribution in [1.82, 2.24) is 0 Å². The quantitative estimate of drug-likeness (QED) is 0.464. The Morgan fingerprint density at radius 2 is 2.18 bits per heavy atom. The number of hydrogen-bond acceptors (Lipinski definition) is 5. The smallest absolute Gasteiger partial charge is 0.344 e. The summed E-state index contributed by atoms with van der Waals surface area (Å²) in [4.78, 5) is 22.9. The monoisotopic (exact) mass is 322 g/mol. The number of rotatable bonds is 6. The fourth-order valence-electron chi connectivity index (χ4n) is 1.96. The first kappa shape index (κ1) is 16.1. The molecule has 0 bridgehead atoms. The number of ether oxygens (including phenoxy) is 2. The standard InChI is InChI=1S/C16H15ClO5/c1-3-5-20-16(19)9-21-14-8-13-11(7-12(14)17)10(4-2)6-15(18)22-13/h3,6-8H,1,4-5,9H2,2H3. The molecular weight excluding hydrogens is 308 g/mol. The van der Waals surface area contributed by atoms with Crippen LogP contribution >= 0.6 is 11.6 Å². The zero-order valence-electron chi connectivity index (χ0n) is 12.1. The molecular formula is C16H15ClO5. The molecule has 1 aromatic carbocycles. The maximum atomic E-state index is 11.5. The van der Waals surface area contributed by atoms with E-state index in [4.69, 9.17) is 25.5 Å². The zero-order chi connectivity index (χ0) is 16.1. The van der Waals surface area contributed by atoms with Crippen molar-refractivity contribution < 1.29 is 18.7 Å². The second kappa shape index (κ2) is 7.13. The van der Waals surface area contributed by atoms with Crippen LogP contribution in [0.15, 0.2) is 40.1 Å². The van der Waals surface area contributed by atoms with E-state index in [0.717, 1.165) is 10.9 Å². The van der Waals surface area contributed by atoms with Gasteiger partial charge < -0.3 is 13.9 Å². The van der Waals surface area contributed by atoms with Gasteiger partial charge >= 0.3 is 11.6 Å². The van der Waals surface area contributed by atoms with Crippen molar-refractivity contribution >= 4 is 28.5 Å². The van der Waals surface area contributed by atoms with Crippen LogP contribution < -0.4 is 10.4 Å². The highest BCUT2D eigenvalue weighted by Gasteiger charge is 2.12. The lowest BCUT2D eigenvalue weighted by atomic mass is 10.1. The van der Waals surface area contributed by atoms with Crippen LogP contribution in [0.3, 0.4) is 0 Å². The number of fused-ring (bicyclic) bond motifs is 1. The van der Waals surface area contributed by atoms with Gasteiger partial charge in [0.25, 0.3) is 0 Å². The van der Waals surface area contributed by atoms with Crippen molar-refractivity contribution in [2.45, 2.75) is 13.3 Å². The van der Waals surface area contributed by atoms with E-state index in [9.17, 15) is 9.59 Å². The molecule has 1 heterocycles. The van der Waals surface area contributed by atoms with E-state index in [-0.39, 0.29) is 19.0 Å². The Morgan fingerprint density at radius 3 is 2.86 bits per heavy atom. The van der Waals surface area contributed by atoms with E-state index < -0.39 is 11.6 Å². The Kier molecular flexibility index (Phi) is 5.22. The van der Waals surface area contributed by atoms with Gasteiger partial charge in [-0.1, -0.05) is 31.2 Å². The summed E-state index contributed by atoms with van der Waals surface area (Å²) in [7, 11) is 0. The summed E-state index contributed by atoms with van der Waals surface area (Å²) in [6, 6.07) is 4.59. The second-order valence-corrected chi connectivity index (χ2v) is 4.89. The number of carbonyl (C=O) groups is 1. The topological polar surface area (TPSA) is 65.7 Å². The average molecular weight is 323 g/mol. The fourth-order valence-corrected chi connectivity index (χ4v) is 2.18. The number of esters is 1. The van der Waals surface area contributed by atoms with Crippen LogP contribution in [-0.4, -0.2) is 19.2 Å². The predicted molar refractivity (Wildman–Crippen MR) is 83.5 cm³/mol. The molecule has 0 radical (unpaired) electrons. The van der Waals surface area contributed by atoms with Crippen LogP contribution in [0.1, 0.15) is 12.5 Å². The Bertz CT molecular complexity index is 763. The van der Waals surface area contributed by atoms with Gasteiger partial charge in [0, 0.05) is 17.5 Å². The molecule has 2 rings (SSSR count). The summed E-state index contributed by atoms with van der Waals surface area (Å²) in [5.41, 5.74) is 0.760. The summed E-state index contributed by atoms with van der Waals surface area (Å²) in [6.07, 6.45) is 2.13. The molecule has 2 aromatic rings. The molecule has 116 valence electrons. The van der Waals surface area contributed by atoms with E-state index in [1.165, 1.54) is 18.2 Å². The van der Waals surface area contributed by atoms with Gasteiger partial charge in [0.15, 0.2) is 6.61 Å². The van der Waals surface area contributed by atoms with Crippen molar-refractivity contribution in [1.29, 1.82) is 0 Å². The van der Waals surface area contributed by atoms with E-state index in [2.05, 4.69) is 6.58 Å². The highest BCUT2D eigenvalue weighted by atomic mass is 35.5. The Labute approximate surface area is 132 Å². The summed E-state index contributed by atoms with van der Waals surface area (Å²) >= 11 is 6.15. The lowest BCUT2D eigenvalue weighted by Gasteiger charge is -2.10. The largest absolute Gasteiger partial charge is 0.480 e. The fraction of sp³-hybridized carbons (Fsp3) is 0.250. The van der Waals surface area contributed by atoms with E-state index >= 15 is 0 Å². The molecule has 0 saturated carbocycles. The van der Waals surface area contributed by atoms with Gasteiger partial charge in [-0.3, -0.25) is 0 Å². The Morgan fingerprint density at radius 1 is 1.41 bits per heavy atom. The van der Waals surface area contributed by atoms with E-state index in [0.29, 0.717) is 17.0 Å². The molecule has 0 amide bonds. The number of hydrogen-bond donors (Lipinski definition) is 0. The average Bonchev–Trinajstić information content (AvgIpc) is 2.50. The minimum atomic E-state index is -0.542. The maximum absolute atomic E-state index is 11.5. The van der Waals surface area contributed by atoms with Crippen molar-refractivity contribution in [3.8, 4) is 5.75 Å². The molecule has 0 aliphatic heterocycles. The molecule has 0 spiro atoms. The van der Waals surface area contributed by atoms with Crippen LogP contribution in [0.2, 0.25) is 5.02 Å². The van der Waals surface area contributed by atoms with Gasteiger partial charge in [0.05, 0.1) is 5.02 Å². The first-order chi connectivity index (χ1) is 10.5. The molecule has 1 aromatic heterocycles. The molecule has 5 nitrogen and oxygen atoms in total. The van der Waals surface area contributed by atoms with Crippen molar-refractivity contribution in [3.05, 3.63) is 51.9 Å². The molecule has 0 N–H and O–H groups in total. The number of carbonyl (C=O) groups excluding carboxylic acids is 1. The number of halogens is 1. The van der Waals surface area contributed by atoms with Crippen molar-refractivity contribution in [3.63, 3.8) is 0 Å². The summed E-state index contributed by atoms with van der Waals surface area (Å²) in [5.74, 6) is -0.291. The first-order valence-corrected chi connectivity index (χ1v) is 7.08. The Hall–Kier alpha value is -2.27. The summed E-state index contributed by atoms with van der Waals surface area (Å²) < 4.78 is 15.3. The SMILES string of the molecule is C=CCOC(=O)COc1cc2oc(=O)cc(CC)c2cc1Cl. The second-order valence-electron chi connectivity index (χ2n) is 4.48. The van der Waals surface area contributed by atoms with Crippen LogP contribution in [-0.2, 0) is 16.0 Å². The van der Waals surface area contributed by atoms with Crippen molar-refractivity contribution in [2.75, 3.05) is 13.2 Å². The van der Waals surface area contributed by atoms with Gasteiger partial charge in [-0.15, -0.1) is 0 Å². The van der Waals surface area contributed by atoms with Crippen molar-refractivity contribution in [2.24, 2.45) is 0 Å². The molecule has 6 heteroatoms. The third-order valence-electron chi connectivity index (χ3n) is 2.97. The van der Waals surface area contributed by atoms with Crippen LogP contribution in [0, 0.1) is 0 Å². The van der Waals surface area contributed by atoms with E-state index in [1.54, 1.807) is 6.07 Å². The first-order valence-electron chi connectivity index (χ1n) is 6.70. The maximum Gasteiger partial charge on any atom is 0.344 e. The molecule has 22 heavy (non-hydrogen) atoms. The highest BCUT2D eigenvalue weighted by molar-refractivity contribution is 6.32. The van der Waals surface area contributed by atoms with Gasteiger partial charge in [-0.25, -0.2) is 9.59 Å². The van der Waals surface area contributed by atoms with Crippen LogP contribution in [0.25, 0.3) is 11.0 Å². The van der Waals surface area contributed by atoms with Crippen LogP contribution in [0.4, 0.5) is 0 Å². The molecule has 0 fully saturated rings. The molecule has 0 saturated heterocycles. The minimum Gasteiger partial charge on any atom is -0.480 e. The third kappa shape index (κ3) is 3.68. The van der Waals surface area contributed by atoms with Gasteiger partial charge in [-0.05, 0) is 18.1 Å². The predicted octanol–water partition coefficient (Wildman–Crippen LogP) is 3.12. The summed E-state index contributed by atoms with van der Waals surface area (Å²) in [6.45, 7) is 5.19. The van der Waals surface area contributed by atoms with Gasteiger partial charge in [-0.2, -0.15) is 0 Å². The van der Waals surface area contributed by atoms with Gasteiger partial charge in [0.1, 0.15) is 17.9 Å². The highest BCUT2D eigenvalue weighted by Crippen LogP contribution is 2.31. The molecule has 0 aliphatic rings. The minimum absolute atomic E-state index is 0.113. The summed E-state index contributed by atoms with van der Waals surface area (Å²) in [5, 5.41) is 1.07. The Balaban J connectivity index is 2.28. The molecule has 0 aliphatic carbocycles. The van der Waals surface area contributed by atoms with E-state index in [1.807, 2.05) is 6.92 Å². The molecule has 0 atom stereocenters. The lowest BCUT2D eigenvalue weighted by molar-refractivity contribution is -0.144. The number of benzene rings is 1. The normalized spacial score (nSPS) is 10.5. The number of aryl methyl sites for hydroxylation is 1. The lowest BCUT2D eigenvalue weighted by Crippen LogP contribution is -2.15. The zero-order valence-corrected chi connectivity index (χ0v) is 12.8.